The maximum atomic E-state index is 5.77. The Balaban J connectivity index is 2.19. The molecular formula is C13H16ClNO2. The van der Waals surface area contributed by atoms with Gasteiger partial charge in [0.05, 0.1) is 13.7 Å². The first-order chi connectivity index (χ1) is 8.20. The molecule has 0 bridgehead atoms. The van der Waals surface area contributed by atoms with Gasteiger partial charge in [0.25, 0.3) is 0 Å². The summed E-state index contributed by atoms with van der Waals surface area (Å²) in [6.07, 6.45) is 0.921. The van der Waals surface area contributed by atoms with E-state index in [1.807, 2.05) is 18.2 Å². The molecule has 1 atom stereocenters. The molecule has 1 aromatic rings. The zero-order valence-electron chi connectivity index (χ0n) is 9.83. The maximum absolute atomic E-state index is 5.77. The SMILES string of the molecule is C=C(Cl)CNC1CCOc2ccc(OC)cc21. The highest BCUT2D eigenvalue weighted by atomic mass is 35.5. The molecule has 2 rings (SSSR count). The van der Waals surface area contributed by atoms with Gasteiger partial charge < -0.3 is 14.8 Å². The number of fused-ring (bicyclic) bond motifs is 1. The van der Waals surface area contributed by atoms with Crippen molar-refractivity contribution in [1.29, 1.82) is 0 Å². The van der Waals surface area contributed by atoms with E-state index in [0.717, 1.165) is 23.5 Å². The third-order valence-corrected chi connectivity index (χ3v) is 2.93. The predicted molar refractivity (Wildman–Crippen MR) is 68.8 cm³/mol. The Morgan fingerprint density at radius 2 is 2.47 bits per heavy atom. The van der Waals surface area contributed by atoms with Crippen molar-refractivity contribution in [2.24, 2.45) is 0 Å². The zero-order valence-corrected chi connectivity index (χ0v) is 10.6. The van der Waals surface area contributed by atoms with Crippen molar-refractivity contribution in [3.8, 4) is 11.5 Å². The maximum Gasteiger partial charge on any atom is 0.124 e. The summed E-state index contributed by atoms with van der Waals surface area (Å²) in [4.78, 5) is 0. The van der Waals surface area contributed by atoms with Crippen molar-refractivity contribution >= 4 is 11.6 Å². The molecule has 0 saturated heterocycles. The van der Waals surface area contributed by atoms with Gasteiger partial charge in [-0.1, -0.05) is 18.2 Å². The minimum absolute atomic E-state index is 0.240. The van der Waals surface area contributed by atoms with Gasteiger partial charge in [0.15, 0.2) is 0 Å². The molecule has 1 heterocycles. The summed E-state index contributed by atoms with van der Waals surface area (Å²) in [5.74, 6) is 1.75. The quantitative estimate of drug-likeness (QED) is 0.895. The van der Waals surface area contributed by atoms with Crippen molar-refractivity contribution < 1.29 is 9.47 Å². The summed E-state index contributed by atoms with van der Waals surface area (Å²) in [6, 6.07) is 6.09. The molecule has 0 amide bonds. The van der Waals surface area contributed by atoms with Crippen LogP contribution in [-0.4, -0.2) is 20.3 Å². The van der Waals surface area contributed by atoms with Gasteiger partial charge in [-0.2, -0.15) is 0 Å². The van der Waals surface area contributed by atoms with Crippen molar-refractivity contribution in [2.45, 2.75) is 12.5 Å². The number of ether oxygens (including phenoxy) is 2. The Bertz CT molecular complexity index is 420. The van der Waals surface area contributed by atoms with Crippen molar-refractivity contribution in [2.75, 3.05) is 20.3 Å². The van der Waals surface area contributed by atoms with E-state index in [-0.39, 0.29) is 6.04 Å². The van der Waals surface area contributed by atoms with Crippen LogP contribution in [0.1, 0.15) is 18.0 Å². The molecule has 1 unspecified atom stereocenters. The normalized spacial score (nSPS) is 18.1. The van der Waals surface area contributed by atoms with Gasteiger partial charge in [-0.3, -0.25) is 0 Å². The van der Waals surface area contributed by atoms with Crippen molar-refractivity contribution in [1.82, 2.24) is 5.32 Å². The molecule has 1 aromatic carbocycles. The van der Waals surface area contributed by atoms with E-state index < -0.39 is 0 Å². The second-order valence-corrected chi connectivity index (χ2v) is 4.53. The Labute approximate surface area is 106 Å². The smallest absolute Gasteiger partial charge is 0.124 e. The first-order valence-corrected chi connectivity index (χ1v) is 5.96. The van der Waals surface area contributed by atoms with Crippen LogP contribution in [0, 0.1) is 0 Å². The number of benzene rings is 1. The highest BCUT2D eigenvalue weighted by molar-refractivity contribution is 6.29. The summed E-state index contributed by atoms with van der Waals surface area (Å²) in [6.45, 7) is 4.99. The van der Waals surface area contributed by atoms with Crippen molar-refractivity contribution in [3.63, 3.8) is 0 Å². The highest BCUT2D eigenvalue weighted by Gasteiger charge is 2.21. The highest BCUT2D eigenvalue weighted by Crippen LogP contribution is 2.34. The molecule has 0 radical (unpaired) electrons. The van der Waals surface area contributed by atoms with Gasteiger partial charge in [-0.05, 0) is 18.2 Å². The molecule has 3 nitrogen and oxygen atoms in total. The predicted octanol–water partition coefficient (Wildman–Crippen LogP) is 2.86. The third kappa shape index (κ3) is 2.93. The molecule has 0 spiro atoms. The molecule has 0 fully saturated rings. The molecule has 92 valence electrons. The summed E-state index contributed by atoms with van der Waals surface area (Å²) >= 11 is 5.77. The Morgan fingerprint density at radius 1 is 1.65 bits per heavy atom. The van der Waals surface area contributed by atoms with Crippen LogP contribution in [0.3, 0.4) is 0 Å². The molecule has 0 saturated carbocycles. The van der Waals surface area contributed by atoms with Gasteiger partial charge in [0, 0.05) is 29.6 Å². The topological polar surface area (TPSA) is 30.5 Å². The van der Waals surface area contributed by atoms with Crippen LogP contribution < -0.4 is 14.8 Å². The fourth-order valence-corrected chi connectivity index (χ4v) is 2.02. The molecule has 1 aliphatic heterocycles. The largest absolute Gasteiger partial charge is 0.497 e. The molecular weight excluding hydrogens is 238 g/mol. The number of nitrogens with one attached hydrogen (secondary N) is 1. The number of halogens is 1. The molecule has 17 heavy (non-hydrogen) atoms. The lowest BCUT2D eigenvalue weighted by atomic mass is 10.0. The lowest BCUT2D eigenvalue weighted by molar-refractivity contribution is 0.254. The van der Waals surface area contributed by atoms with Crippen LogP contribution in [0.4, 0.5) is 0 Å². The fourth-order valence-electron chi connectivity index (χ4n) is 1.95. The number of rotatable bonds is 4. The molecule has 0 aliphatic carbocycles. The van der Waals surface area contributed by atoms with Crippen LogP contribution >= 0.6 is 11.6 Å². The molecule has 0 aromatic heterocycles. The van der Waals surface area contributed by atoms with E-state index >= 15 is 0 Å². The van der Waals surface area contributed by atoms with Crippen LogP contribution in [0.2, 0.25) is 0 Å². The lowest BCUT2D eigenvalue weighted by Crippen LogP contribution is -2.27. The Hall–Kier alpha value is -1.19. The monoisotopic (exact) mass is 253 g/mol. The lowest BCUT2D eigenvalue weighted by Gasteiger charge is -2.27. The van der Waals surface area contributed by atoms with E-state index in [2.05, 4.69) is 11.9 Å². The van der Waals surface area contributed by atoms with Gasteiger partial charge in [0.1, 0.15) is 11.5 Å². The van der Waals surface area contributed by atoms with Gasteiger partial charge in [-0.25, -0.2) is 0 Å². The summed E-state index contributed by atoms with van der Waals surface area (Å²) in [5, 5.41) is 3.97. The Kier molecular flexibility index (Phi) is 3.92. The Morgan fingerprint density at radius 3 is 3.18 bits per heavy atom. The number of hydrogen-bond acceptors (Lipinski definition) is 3. The van der Waals surface area contributed by atoms with E-state index in [1.54, 1.807) is 7.11 Å². The average Bonchev–Trinajstić information content (AvgIpc) is 2.35. The van der Waals surface area contributed by atoms with Crippen LogP contribution in [0.5, 0.6) is 11.5 Å². The standard InChI is InChI=1S/C13H16ClNO2/c1-9(14)8-15-12-5-6-17-13-4-3-10(16-2)7-11(12)13/h3-4,7,12,15H,1,5-6,8H2,2H3. The van der Waals surface area contributed by atoms with Crippen molar-refractivity contribution in [3.05, 3.63) is 35.4 Å². The second-order valence-electron chi connectivity index (χ2n) is 3.99. The van der Waals surface area contributed by atoms with Gasteiger partial charge >= 0.3 is 0 Å². The van der Waals surface area contributed by atoms with Gasteiger partial charge in [0.2, 0.25) is 0 Å². The minimum atomic E-state index is 0.240. The van der Waals surface area contributed by atoms with E-state index in [0.29, 0.717) is 18.2 Å². The van der Waals surface area contributed by atoms with E-state index in [9.17, 15) is 0 Å². The zero-order chi connectivity index (χ0) is 12.3. The first kappa shape index (κ1) is 12.3. The average molecular weight is 254 g/mol. The molecule has 1 aliphatic rings. The van der Waals surface area contributed by atoms with Crippen LogP contribution in [0.15, 0.2) is 29.8 Å². The number of hydrogen-bond donors (Lipinski definition) is 1. The van der Waals surface area contributed by atoms with E-state index in [1.165, 1.54) is 0 Å². The third-order valence-electron chi connectivity index (χ3n) is 2.80. The minimum Gasteiger partial charge on any atom is -0.497 e. The van der Waals surface area contributed by atoms with Crippen LogP contribution in [0.25, 0.3) is 0 Å². The summed E-state index contributed by atoms with van der Waals surface area (Å²) < 4.78 is 10.8. The first-order valence-electron chi connectivity index (χ1n) is 5.58. The summed E-state index contributed by atoms with van der Waals surface area (Å²) in [5.41, 5.74) is 1.12. The molecule has 1 N–H and O–H groups in total. The van der Waals surface area contributed by atoms with E-state index in [4.69, 9.17) is 21.1 Å². The molecule has 4 heteroatoms. The van der Waals surface area contributed by atoms with Crippen LogP contribution in [-0.2, 0) is 0 Å². The second kappa shape index (κ2) is 5.43. The van der Waals surface area contributed by atoms with Gasteiger partial charge in [-0.15, -0.1) is 0 Å². The summed E-state index contributed by atoms with van der Waals surface area (Å²) in [7, 11) is 1.66. The number of methoxy groups -OCH3 is 1. The fraction of sp³-hybridized carbons (Fsp3) is 0.385.